The molecule has 1 saturated heterocycles. The summed E-state index contributed by atoms with van der Waals surface area (Å²) in [6, 6.07) is 0.728. The van der Waals surface area contributed by atoms with Crippen LogP contribution in [0.25, 0.3) is 0 Å². The van der Waals surface area contributed by atoms with Crippen LogP contribution in [0.5, 0.6) is 0 Å². The van der Waals surface area contributed by atoms with Crippen LogP contribution in [0.1, 0.15) is 5.56 Å². The highest BCUT2D eigenvalue weighted by Gasteiger charge is 2.43. The van der Waals surface area contributed by atoms with E-state index < -0.39 is 18.9 Å². The number of halogens is 3. The van der Waals surface area contributed by atoms with E-state index in [4.69, 9.17) is 15.0 Å². The number of alkyl halides is 3. The van der Waals surface area contributed by atoms with E-state index in [0.717, 1.165) is 12.3 Å². The molecule has 0 radical (unpaired) electrons. The number of nitrogens with two attached hydrogens (primary N) is 1. The molecule has 18 heavy (non-hydrogen) atoms. The molecule has 4 nitrogen and oxygen atoms in total. The zero-order valence-electron chi connectivity index (χ0n) is 9.12. The molecule has 94 valence electrons. The third-order valence-electron chi connectivity index (χ3n) is 2.32. The van der Waals surface area contributed by atoms with Crippen LogP contribution in [0.3, 0.4) is 0 Å². The highest BCUT2D eigenvalue weighted by atomic mass is 19.4. The van der Waals surface area contributed by atoms with Crippen LogP contribution in [-0.2, 0) is 15.5 Å². The van der Waals surface area contributed by atoms with E-state index in [1.54, 1.807) is 0 Å². The fraction of sp³-hybridized carbons (Fsp3) is 0.100. The Morgan fingerprint density at radius 1 is 1.22 bits per heavy atom. The number of pyridine rings is 1. The molecule has 2 heterocycles. The molecule has 0 saturated carbocycles. The zero-order chi connectivity index (χ0) is 13.5. The summed E-state index contributed by atoms with van der Waals surface area (Å²) in [5, 5.41) is 0. The van der Waals surface area contributed by atoms with Gasteiger partial charge in [0.25, 0.3) is 0 Å². The number of anilines is 1. The van der Waals surface area contributed by atoms with Gasteiger partial charge in [-0.15, -0.1) is 0 Å². The van der Waals surface area contributed by atoms with E-state index in [1.807, 2.05) is 0 Å². The first-order valence-corrected chi connectivity index (χ1v) is 4.83. The summed E-state index contributed by atoms with van der Waals surface area (Å²) in [4.78, 5) is 3.61. The summed E-state index contributed by atoms with van der Waals surface area (Å²) in [5.41, 5.74) is 4.03. The lowest BCUT2D eigenvalue weighted by Crippen LogP contribution is -2.37. The first kappa shape index (κ1) is 12.3. The molecule has 0 atom stereocenters. The molecule has 1 aliphatic rings. The molecule has 1 fully saturated rings. The molecule has 0 bridgehead atoms. The van der Waals surface area contributed by atoms with Crippen LogP contribution in [0, 0.1) is 0 Å². The van der Waals surface area contributed by atoms with Crippen molar-refractivity contribution >= 4 is 18.4 Å². The third-order valence-corrected chi connectivity index (χ3v) is 2.32. The minimum absolute atomic E-state index is 0.0879. The van der Waals surface area contributed by atoms with Crippen molar-refractivity contribution in [2.75, 3.05) is 5.73 Å². The molecule has 1 aromatic heterocycles. The number of nitrogen functional groups attached to an aromatic ring is 1. The quantitative estimate of drug-likeness (QED) is 0.772. The number of hydrogen-bond acceptors (Lipinski definition) is 4. The molecule has 8 heteroatoms. The lowest BCUT2D eigenvalue weighted by molar-refractivity contribution is -0.136. The maximum atomic E-state index is 12.8. The average Bonchev–Trinajstić information content (AvgIpc) is 2.57. The fourth-order valence-corrected chi connectivity index (χ4v) is 1.46. The number of nitrogens with zero attached hydrogens (tertiary/aromatic N) is 1. The van der Waals surface area contributed by atoms with Gasteiger partial charge in [-0.2, -0.15) is 13.2 Å². The normalized spacial score (nSPS) is 15.6. The van der Waals surface area contributed by atoms with Crippen molar-refractivity contribution in [3.63, 3.8) is 0 Å². The molecule has 0 aromatic carbocycles. The van der Waals surface area contributed by atoms with E-state index in [1.165, 1.54) is 0 Å². The Morgan fingerprint density at radius 2 is 1.78 bits per heavy atom. The minimum Gasteiger partial charge on any atom is -0.520 e. The predicted molar refractivity (Wildman–Crippen MR) is 59.5 cm³/mol. The highest BCUT2D eigenvalue weighted by molar-refractivity contribution is 6.63. The fourth-order valence-electron chi connectivity index (χ4n) is 1.46. The molecule has 0 aliphatic carbocycles. The van der Waals surface area contributed by atoms with Crippen LogP contribution < -0.4 is 11.2 Å². The smallest absolute Gasteiger partial charge is 0.520 e. The second kappa shape index (κ2) is 3.97. The molecule has 0 spiro atoms. The van der Waals surface area contributed by atoms with Crippen molar-refractivity contribution in [3.05, 3.63) is 42.5 Å². The summed E-state index contributed by atoms with van der Waals surface area (Å²) in [6.45, 7) is 6.89. The van der Waals surface area contributed by atoms with E-state index in [2.05, 4.69) is 18.1 Å². The number of aromatic nitrogens is 1. The van der Waals surface area contributed by atoms with Gasteiger partial charge in [0.2, 0.25) is 0 Å². The number of rotatable bonds is 1. The van der Waals surface area contributed by atoms with Crippen LogP contribution in [0.15, 0.2) is 36.9 Å². The topological polar surface area (TPSA) is 57.4 Å². The first-order valence-electron chi connectivity index (χ1n) is 4.83. The zero-order valence-corrected chi connectivity index (χ0v) is 9.12. The second-order valence-electron chi connectivity index (χ2n) is 3.61. The molecular formula is C10H8BF3N2O2. The van der Waals surface area contributed by atoms with Gasteiger partial charge in [0, 0.05) is 11.7 Å². The van der Waals surface area contributed by atoms with Gasteiger partial charge in [0.05, 0.1) is 5.56 Å². The van der Waals surface area contributed by atoms with E-state index >= 15 is 0 Å². The predicted octanol–water partition coefficient (Wildman–Crippen LogP) is 1.45. The van der Waals surface area contributed by atoms with Gasteiger partial charge < -0.3 is 15.0 Å². The van der Waals surface area contributed by atoms with Gasteiger partial charge >= 0.3 is 13.3 Å². The van der Waals surface area contributed by atoms with Gasteiger partial charge in [-0.05, 0) is 6.07 Å². The Balaban J connectivity index is 2.45. The van der Waals surface area contributed by atoms with Crippen LogP contribution in [0.4, 0.5) is 19.0 Å². The largest absolute Gasteiger partial charge is 0.635 e. The monoisotopic (exact) mass is 256 g/mol. The molecule has 1 aliphatic heterocycles. The summed E-state index contributed by atoms with van der Waals surface area (Å²) in [7, 11) is -1.25. The van der Waals surface area contributed by atoms with E-state index in [-0.39, 0.29) is 22.8 Å². The lowest BCUT2D eigenvalue weighted by Gasteiger charge is -2.13. The van der Waals surface area contributed by atoms with Crippen molar-refractivity contribution < 1.29 is 22.5 Å². The minimum atomic E-state index is -4.58. The van der Waals surface area contributed by atoms with Crippen LogP contribution in [-0.4, -0.2) is 12.1 Å². The Kier molecular flexibility index (Phi) is 2.72. The highest BCUT2D eigenvalue weighted by Crippen LogP contribution is 2.30. The van der Waals surface area contributed by atoms with Crippen molar-refractivity contribution in [2.24, 2.45) is 0 Å². The van der Waals surface area contributed by atoms with Crippen molar-refractivity contribution in [2.45, 2.75) is 6.18 Å². The average molecular weight is 256 g/mol. The van der Waals surface area contributed by atoms with Crippen LogP contribution >= 0.6 is 0 Å². The Morgan fingerprint density at radius 3 is 2.28 bits per heavy atom. The van der Waals surface area contributed by atoms with Crippen LogP contribution in [0.2, 0.25) is 0 Å². The molecule has 2 N–H and O–H groups in total. The van der Waals surface area contributed by atoms with Crippen molar-refractivity contribution in [1.82, 2.24) is 4.98 Å². The standard InChI is InChI=1S/C10H8BF3N2O2/c1-5-6(2)18-11(17-5)8-4-16-9(15)3-7(8)10(12,13)14/h3-4H,1-2H2,(H2,15,16). The summed E-state index contributed by atoms with van der Waals surface area (Å²) in [6.07, 6.45) is -3.61. The van der Waals surface area contributed by atoms with Crippen molar-refractivity contribution in [3.8, 4) is 0 Å². The van der Waals surface area contributed by atoms with Gasteiger partial charge in [0.15, 0.2) is 0 Å². The summed E-state index contributed by atoms with van der Waals surface area (Å²) < 4.78 is 48.6. The maximum absolute atomic E-state index is 12.8. The Bertz CT molecular complexity index is 514. The SMILES string of the molecule is C=C1OB(c2cnc(N)cc2C(F)(F)F)OC1=C. The maximum Gasteiger partial charge on any atom is 0.635 e. The Hall–Kier alpha value is -2.12. The molecule has 0 amide bonds. The molecule has 1 aromatic rings. The van der Waals surface area contributed by atoms with Gasteiger partial charge in [0.1, 0.15) is 17.3 Å². The van der Waals surface area contributed by atoms with Crippen molar-refractivity contribution in [1.29, 1.82) is 0 Å². The van der Waals surface area contributed by atoms with E-state index in [9.17, 15) is 13.2 Å². The lowest BCUT2D eigenvalue weighted by atomic mass is 9.77. The summed E-state index contributed by atoms with van der Waals surface area (Å²) >= 11 is 0. The van der Waals surface area contributed by atoms with Gasteiger partial charge in [-0.1, -0.05) is 13.2 Å². The first-order chi connectivity index (χ1) is 8.29. The molecule has 2 rings (SSSR count). The Labute approximate surface area is 101 Å². The molecule has 0 unspecified atom stereocenters. The third kappa shape index (κ3) is 2.13. The molecular weight excluding hydrogens is 248 g/mol. The van der Waals surface area contributed by atoms with Gasteiger partial charge in [-0.3, -0.25) is 0 Å². The summed E-state index contributed by atoms with van der Waals surface area (Å²) in [5.74, 6) is -0.0587. The number of hydrogen-bond donors (Lipinski definition) is 1. The van der Waals surface area contributed by atoms with E-state index in [0.29, 0.717) is 0 Å². The van der Waals surface area contributed by atoms with Gasteiger partial charge in [-0.25, -0.2) is 4.98 Å². The second-order valence-corrected chi connectivity index (χ2v) is 3.61.